The summed E-state index contributed by atoms with van der Waals surface area (Å²) < 4.78 is 6.95. The van der Waals surface area contributed by atoms with Crippen LogP contribution in [-0.4, -0.2) is 13.1 Å². The third kappa shape index (κ3) is 3.17. The van der Waals surface area contributed by atoms with E-state index in [9.17, 15) is 4.79 Å². The minimum absolute atomic E-state index is 0.318. The van der Waals surface area contributed by atoms with Gasteiger partial charge in [-0.15, -0.1) is 11.3 Å². The molecule has 0 aliphatic rings. The molecule has 2 nitrogen and oxygen atoms in total. The van der Waals surface area contributed by atoms with Crippen molar-refractivity contribution in [1.29, 1.82) is 0 Å². The molecule has 1 heterocycles. The maximum atomic E-state index is 12.1. The molecule has 2 aromatic rings. The van der Waals surface area contributed by atoms with Gasteiger partial charge in [0.15, 0.2) is 0 Å². The molecular weight excluding hydrogens is 348 g/mol. The Hall–Kier alpha value is -1.65. The van der Waals surface area contributed by atoms with E-state index in [-0.39, 0.29) is 5.97 Å². The lowest BCUT2D eigenvalue weighted by Crippen LogP contribution is -2.01. The highest BCUT2D eigenvalue weighted by atomic mass is 79.9. The Morgan fingerprint density at radius 3 is 2.81 bits per heavy atom. The molecule has 1 aromatic carbocycles. The number of allylic oxidation sites excluding steroid dienone is 5. The van der Waals surface area contributed by atoms with E-state index in [2.05, 4.69) is 22.5 Å². The van der Waals surface area contributed by atoms with Crippen LogP contribution in [0.5, 0.6) is 0 Å². The summed E-state index contributed by atoms with van der Waals surface area (Å²) in [6, 6.07) is 6.00. The van der Waals surface area contributed by atoms with Gasteiger partial charge >= 0.3 is 5.97 Å². The number of rotatable bonds is 4. The number of carbonyl (C=O) groups is 1. The van der Waals surface area contributed by atoms with E-state index in [1.165, 1.54) is 18.4 Å². The molecule has 4 heteroatoms. The van der Waals surface area contributed by atoms with E-state index < -0.39 is 0 Å². The molecule has 0 bridgehead atoms. The van der Waals surface area contributed by atoms with E-state index in [4.69, 9.17) is 4.74 Å². The maximum Gasteiger partial charge on any atom is 0.348 e. The molecular formula is C17H15BrO2S. The van der Waals surface area contributed by atoms with E-state index in [1.54, 1.807) is 6.08 Å². The van der Waals surface area contributed by atoms with Crippen molar-refractivity contribution in [2.45, 2.75) is 6.92 Å². The largest absolute Gasteiger partial charge is 0.465 e. The van der Waals surface area contributed by atoms with Crippen molar-refractivity contribution in [3.8, 4) is 0 Å². The molecule has 0 saturated carbocycles. The van der Waals surface area contributed by atoms with Gasteiger partial charge in [0.2, 0.25) is 0 Å². The number of hydrogen-bond donors (Lipinski definition) is 0. The quantitative estimate of drug-likeness (QED) is 0.522. The van der Waals surface area contributed by atoms with Crippen molar-refractivity contribution in [3.05, 3.63) is 64.0 Å². The van der Waals surface area contributed by atoms with Crippen LogP contribution in [0.25, 0.3) is 15.7 Å². The van der Waals surface area contributed by atoms with Crippen LogP contribution >= 0.6 is 27.3 Å². The lowest BCUT2D eigenvalue weighted by atomic mass is 10.0. The summed E-state index contributed by atoms with van der Waals surface area (Å²) in [5.41, 5.74) is 1.84. The number of carbonyl (C=O) groups excluding carboxylic acids is 1. The summed E-state index contributed by atoms with van der Waals surface area (Å²) in [6.07, 6.45) is 7.53. The molecule has 0 fully saturated rings. The van der Waals surface area contributed by atoms with Gasteiger partial charge < -0.3 is 4.74 Å². The van der Waals surface area contributed by atoms with E-state index in [0.717, 1.165) is 25.7 Å². The third-order valence-electron chi connectivity index (χ3n) is 2.96. The Morgan fingerprint density at radius 2 is 2.19 bits per heavy atom. The Morgan fingerprint density at radius 1 is 1.43 bits per heavy atom. The number of halogens is 1. The first-order valence-corrected chi connectivity index (χ1v) is 7.99. The van der Waals surface area contributed by atoms with Crippen LogP contribution in [0.2, 0.25) is 0 Å². The van der Waals surface area contributed by atoms with Gasteiger partial charge in [-0.3, -0.25) is 0 Å². The van der Waals surface area contributed by atoms with Gasteiger partial charge in [-0.25, -0.2) is 4.79 Å². The van der Waals surface area contributed by atoms with E-state index in [1.807, 2.05) is 43.4 Å². The number of fused-ring (bicyclic) bond motifs is 1. The second-order valence-electron chi connectivity index (χ2n) is 4.30. The van der Waals surface area contributed by atoms with Crippen LogP contribution in [0.3, 0.4) is 0 Å². The van der Waals surface area contributed by atoms with Crippen molar-refractivity contribution >= 4 is 48.9 Å². The minimum Gasteiger partial charge on any atom is -0.465 e. The summed E-state index contributed by atoms with van der Waals surface area (Å²) in [7, 11) is 1.40. The van der Waals surface area contributed by atoms with Gasteiger partial charge in [-0.2, -0.15) is 0 Å². The van der Waals surface area contributed by atoms with Crippen LogP contribution in [0.4, 0.5) is 0 Å². The number of ether oxygens (including phenoxy) is 1. The summed E-state index contributed by atoms with van der Waals surface area (Å²) in [6.45, 7) is 5.70. The summed E-state index contributed by atoms with van der Waals surface area (Å²) in [4.78, 5) is 12.7. The zero-order valence-corrected chi connectivity index (χ0v) is 14.3. The smallest absolute Gasteiger partial charge is 0.348 e. The van der Waals surface area contributed by atoms with E-state index in [0.29, 0.717) is 4.88 Å². The van der Waals surface area contributed by atoms with Crippen molar-refractivity contribution in [2.75, 3.05) is 7.11 Å². The molecule has 0 aliphatic heterocycles. The number of methoxy groups -OCH3 is 1. The number of hydrogen-bond acceptors (Lipinski definition) is 3. The van der Waals surface area contributed by atoms with Crippen molar-refractivity contribution in [2.24, 2.45) is 0 Å². The fourth-order valence-corrected chi connectivity index (χ4v) is 3.82. The van der Waals surface area contributed by atoms with Gasteiger partial charge in [0.1, 0.15) is 4.88 Å². The van der Waals surface area contributed by atoms with Crippen LogP contribution in [0.1, 0.15) is 22.2 Å². The van der Waals surface area contributed by atoms with Crippen molar-refractivity contribution in [1.82, 2.24) is 0 Å². The fraction of sp³-hybridized carbons (Fsp3) is 0.118. The Bertz CT molecular complexity index is 753. The predicted octanol–water partition coefficient (Wildman–Crippen LogP) is 5.60. The molecule has 0 saturated heterocycles. The van der Waals surface area contributed by atoms with Gasteiger partial charge in [0.05, 0.1) is 7.11 Å². The fourth-order valence-electron chi connectivity index (χ4n) is 2.12. The topological polar surface area (TPSA) is 26.3 Å². The summed E-state index contributed by atoms with van der Waals surface area (Å²) in [5, 5.41) is 1.04. The highest BCUT2D eigenvalue weighted by molar-refractivity contribution is 9.10. The van der Waals surface area contributed by atoms with Gasteiger partial charge in [-0.05, 0) is 24.6 Å². The Balaban J connectivity index is 2.82. The highest BCUT2D eigenvalue weighted by Crippen LogP contribution is 2.38. The maximum absolute atomic E-state index is 12.1. The lowest BCUT2D eigenvalue weighted by molar-refractivity contribution is 0.0606. The van der Waals surface area contributed by atoms with Crippen molar-refractivity contribution < 1.29 is 9.53 Å². The summed E-state index contributed by atoms with van der Waals surface area (Å²) in [5.74, 6) is -0.318. The minimum atomic E-state index is -0.318. The first kappa shape index (κ1) is 15.7. The molecule has 21 heavy (non-hydrogen) atoms. The molecule has 0 unspecified atom stereocenters. The average molecular weight is 363 g/mol. The molecule has 0 radical (unpaired) electrons. The van der Waals surface area contributed by atoms with Crippen LogP contribution in [-0.2, 0) is 4.74 Å². The Labute approximate surface area is 136 Å². The SMILES string of the molecule is C=C/C=C(\C=C/C)c1c(C(=O)OC)sc2cc(Br)ccc12. The first-order chi connectivity index (χ1) is 10.1. The average Bonchev–Trinajstić information content (AvgIpc) is 2.84. The molecule has 0 atom stereocenters. The third-order valence-corrected chi connectivity index (χ3v) is 4.58. The molecule has 0 aliphatic carbocycles. The number of thiophene rings is 1. The monoisotopic (exact) mass is 362 g/mol. The molecule has 0 amide bonds. The molecule has 0 N–H and O–H groups in total. The van der Waals surface area contributed by atoms with E-state index >= 15 is 0 Å². The molecule has 0 spiro atoms. The zero-order chi connectivity index (χ0) is 15.4. The van der Waals surface area contributed by atoms with Gasteiger partial charge in [0, 0.05) is 20.1 Å². The van der Waals surface area contributed by atoms with Gasteiger partial charge in [0.25, 0.3) is 0 Å². The molecule has 2 rings (SSSR count). The zero-order valence-electron chi connectivity index (χ0n) is 11.9. The molecule has 108 valence electrons. The van der Waals surface area contributed by atoms with Crippen molar-refractivity contribution in [3.63, 3.8) is 0 Å². The second-order valence-corrected chi connectivity index (χ2v) is 6.26. The summed E-state index contributed by atoms with van der Waals surface area (Å²) >= 11 is 4.90. The standard InChI is InChI=1S/C17H15BrO2S/c1-4-6-11(7-5-2)15-13-9-8-12(18)10-14(13)21-16(15)17(19)20-3/h4-10H,1H2,2-3H3/b7-5-,11-6+. The van der Waals surface area contributed by atoms with Crippen LogP contribution in [0, 0.1) is 0 Å². The predicted molar refractivity (Wildman–Crippen MR) is 93.9 cm³/mol. The highest BCUT2D eigenvalue weighted by Gasteiger charge is 2.20. The second kappa shape index (κ2) is 6.87. The van der Waals surface area contributed by atoms with Gasteiger partial charge in [-0.1, -0.05) is 52.9 Å². The lowest BCUT2D eigenvalue weighted by Gasteiger charge is -2.04. The number of benzene rings is 1. The Kier molecular flexibility index (Phi) is 5.15. The van der Waals surface area contributed by atoms with Crippen LogP contribution in [0.15, 0.2) is 53.6 Å². The number of esters is 1. The normalized spacial score (nSPS) is 12.0. The van der Waals surface area contributed by atoms with Crippen LogP contribution < -0.4 is 0 Å². The first-order valence-electron chi connectivity index (χ1n) is 6.38. The molecule has 1 aromatic heterocycles.